The minimum absolute atomic E-state index is 0.0282. The Morgan fingerprint density at radius 2 is 1.66 bits per heavy atom. The molecule has 1 aliphatic heterocycles. The number of hydrogen-bond donors (Lipinski definition) is 2. The molecule has 1 saturated heterocycles. The highest BCUT2D eigenvalue weighted by molar-refractivity contribution is 7.89. The first-order valence-electron chi connectivity index (χ1n) is 14.3. The fourth-order valence-electron chi connectivity index (χ4n) is 4.66. The van der Waals surface area contributed by atoms with Crippen LogP contribution >= 0.6 is 11.6 Å². The Morgan fingerprint density at radius 1 is 1.04 bits per heavy atom. The number of alkyl halides is 6. The van der Waals surface area contributed by atoms with Gasteiger partial charge in [-0.05, 0) is 49.6 Å². The Kier molecular flexibility index (Phi) is 12.8. The largest absolute Gasteiger partial charge is 0.478 e. The number of halogens is 7. The third-order valence-corrected chi connectivity index (χ3v) is 8.49. The normalized spacial score (nSPS) is 13.8. The fourth-order valence-corrected chi connectivity index (χ4v) is 6.15. The highest BCUT2D eigenvalue weighted by Gasteiger charge is 2.40. The monoisotopic (exact) mass is 749 g/mol. The summed E-state index contributed by atoms with van der Waals surface area (Å²) < 4.78 is 109. The molecule has 1 amide bonds. The lowest BCUT2D eigenvalue weighted by Gasteiger charge is -2.33. The molecule has 2 N–H and O–H groups in total. The number of carbonyl (C=O) groups excluding carboxylic acids is 2. The molecule has 1 fully saturated rings. The van der Waals surface area contributed by atoms with E-state index in [0.29, 0.717) is 5.56 Å². The van der Waals surface area contributed by atoms with Crippen molar-refractivity contribution in [1.29, 1.82) is 5.26 Å². The van der Waals surface area contributed by atoms with Crippen LogP contribution in [0.5, 0.6) is 0 Å². The summed E-state index contributed by atoms with van der Waals surface area (Å²) in [5.41, 5.74) is -4.50. The summed E-state index contributed by atoms with van der Waals surface area (Å²) in [5.74, 6) is -5.15. The van der Waals surface area contributed by atoms with Crippen molar-refractivity contribution >= 4 is 45.3 Å². The Morgan fingerprint density at radius 3 is 2.18 bits per heavy atom. The maximum atomic E-state index is 13.6. The highest BCUT2D eigenvalue weighted by Crippen LogP contribution is 2.35. The van der Waals surface area contributed by atoms with Gasteiger partial charge in [-0.1, -0.05) is 29.8 Å². The summed E-state index contributed by atoms with van der Waals surface area (Å²) in [6.45, 7) is 1.32. The van der Waals surface area contributed by atoms with Crippen LogP contribution in [0.3, 0.4) is 0 Å². The average Bonchev–Trinajstić information content (AvgIpc) is 3.04. The van der Waals surface area contributed by atoms with Gasteiger partial charge >= 0.3 is 24.3 Å². The number of aromatic nitrogens is 2. The van der Waals surface area contributed by atoms with Gasteiger partial charge in [0, 0.05) is 30.2 Å². The van der Waals surface area contributed by atoms with Crippen molar-refractivity contribution < 1.29 is 59.0 Å². The first-order valence-corrected chi connectivity index (χ1v) is 16.3. The van der Waals surface area contributed by atoms with Crippen molar-refractivity contribution in [2.24, 2.45) is 5.92 Å². The molecule has 0 atom stereocenters. The number of nitrogens with one attached hydrogen (secondary N) is 1. The van der Waals surface area contributed by atoms with Crippen LogP contribution in [-0.4, -0.2) is 61.0 Å². The molecular formula is C30H26ClF6N5O7S. The zero-order chi connectivity index (χ0) is 37.4. The van der Waals surface area contributed by atoms with Crippen molar-refractivity contribution in [3.8, 4) is 6.07 Å². The van der Waals surface area contributed by atoms with Gasteiger partial charge < -0.3 is 14.7 Å². The number of anilines is 1. The molecule has 4 rings (SSSR count). The average molecular weight is 750 g/mol. The summed E-state index contributed by atoms with van der Waals surface area (Å²) in [6.07, 6.45) is -8.62. The van der Waals surface area contributed by atoms with E-state index in [1.54, 1.807) is 18.2 Å². The number of carbonyl (C=O) groups is 3. The number of piperidine rings is 1. The van der Waals surface area contributed by atoms with Crippen molar-refractivity contribution in [1.82, 2.24) is 14.7 Å². The lowest BCUT2D eigenvalue weighted by Crippen LogP contribution is -2.43. The summed E-state index contributed by atoms with van der Waals surface area (Å²) in [5, 5.41) is 18.1. The molecule has 268 valence electrons. The lowest BCUT2D eigenvalue weighted by molar-refractivity contribution is -0.142. The topological polar surface area (TPSA) is 180 Å². The third-order valence-electron chi connectivity index (χ3n) is 6.92. The molecule has 3 heterocycles. The summed E-state index contributed by atoms with van der Waals surface area (Å²) in [7, 11) is -4.04. The van der Waals surface area contributed by atoms with E-state index in [1.165, 1.54) is 24.0 Å². The lowest BCUT2D eigenvalue weighted by atomic mass is 9.96. The second-order valence-electron chi connectivity index (χ2n) is 10.4. The van der Waals surface area contributed by atoms with E-state index in [-0.39, 0.29) is 48.9 Å². The predicted molar refractivity (Wildman–Crippen MR) is 163 cm³/mol. The molecule has 0 aliphatic carbocycles. The van der Waals surface area contributed by atoms with Crippen molar-refractivity contribution in [3.63, 3.8) is 0 Å². The number of sulfonamides is 1. The van der Waals surface area contributed by atoms with E-state index >= 15 is 0 Å². The number of amides is 1. The molecule has 50 heavy (non-hydrogen) atoms. The molecule has 0 saturated carbocycles. The molecular weight excluding hydrogens is 724 g/mol. The molecule has 1 aliphatic rings. The zero-order valence-electron chi connectivity index (χ0n) is 25.7. The molecule has 1 aromatic carbocycles. The summed E-state index contributed by atoms with van der Waals surface area (Å²) >= 11 is 5.99. The summed E-state index contributed by atoms with van der Waals surface area (Å²) in [6, 6.07) is 10.8. The Bertz CT molecular complexity index is 1890. The number of pyridine rings is 2. The molecule has 3 aromatic rings. The number of nitrogens with zero attached hydrogens (tertiary/aromatic N) is 4. The summed E-state index contributed by atoms with van der Waals surface area (Å²) in [4.78, 5) is 42.9. The quantitative estimate of drug-likeness (QED) is 0.221. The van der Waals surface area contributed by atoms with E-state index in [9.17, 15) is 54.4 Å². The molecule has 2 aromatic heterocycles. The number of carboxylic acids is 1. The van der Waals surface area contributed by atoms with Gasteiger partial charge in [0.2, 0.25) is 15.9 Å². The van der Waals surface area contributed by atoms with Gasteiger partial charge in [-0.15, -0.1) is 0 Å². The third kappa shape index (κ3) is 10.3. The van der Waals surface area contributed by atoms with Crippen molar-refractivity contribution in [2.75, 3.05) is 24.6 Å². The SMILES string of the molecule is CCOC(=O)c1cc(C#N)c(N2CCC(C(=O)NS(=O)(=O)Cc3ccccc3Cl)CC2)nc1C(F)(F)F.O=C(O)c1cccnc1C(F)(F)F. The van der Waals surface area contributed by atoms with Crippen LogP contribution in [0.2, 0.25) is 5.02 Å². The predicted octanol–water partition coefficient (Wildman–Crippen LogP) is 5.46. The van der Waals surface area contributed by atoms with Crippen LogP contribution in [0.1, 0.15) is 63.0 Å². The fraction of sp³-hybridized carbons (Fsp3) is 0.333. The van der Waals surface area contributed by atoms with Crippen LogP contribution in [0.25, 0.3) is 0 Å². The molecule has 0 bridgehead atoms. The first-order chi connectivity index (χ1) is 23.3. The minimum Gasteiger partial charge on any atom is -0.478 e. The van der Waals surface area contributed by atoms with Crippen LogP contribution in [-0.2, 0) is 37.7 Å². The van der Waals surface area contributed by atoms with Gasteiger partial charge in [-0.25, -0.2) is 23.0 Å². The second-order valence-corrected chi connectivity index (χ2v) is 12.5. The van der Waals surface area contributed by atoms with E-state index < -0.39 is 74.4 Å². The number of hydrogen-bond acceptors (Lipinski definition) is 10. The van der Waals surface area contributed by atoms with Gasteiger partial charge in [0.15, 0.2) is 11.4 Å². The van der Waals surface area contributed by atoms with Gasteiger partial charge in [-0.3, -0.25) is 14.5 Å². The Hall–Kier alpha value is -4.96. The smallest absolute Gasteiger partial charge is 0.434 e. The second kappa shape index (κ2) is 16.2. The Balaban J connectivity index is 0.000000436. The van der Waals surface area contributed by atoms with Crippen LogP contribution in [0, 0.1) is 17.2 Å². The standard InChI is InChI=1S/C23H22ClF3N4O5S.C7H4F3NO2/c1-2-36-22(33)17-11-16(12-28)20(29-19(17)23(25,26)27)31-9-7-14(8-10-31)21(32)30-37(34,35)13-15-5-3-4-6-18(15)24;8-7(9,10)5-4(6(12)13)2-1-3-11-5/h3-6,11,14H,2,7-10,13H2,1H3,(H,30,32);1-3H,(H,12,13). The molecule has 0 unspecified atom stereocenters. The molecule has 0 spiro atoms. The van der Waals surface area contributed by atoms with Crippen molar-refractivity contribution in [3.05, 3.63) is 87.3 Å². The van der Waals surface area contributed by atoms with Gasteiger partial charge in [0.1, 0.15) is 11.9 Å². The maximum absolute atomic E-state index is 13.6. The van der Waals surface area contributed by atoms with Gasteiger partial charge in [0.25, 0.3) is 0 Å². The van der Waals surface area contributed by atoms with Crippen LogP contribution in [0.15, 0.2) is 48.7 Å². The van der Waals surface area contributed by atoms with E-state index in [1.807, 2.05) is 4.72 Å². The molecule has 0 radical (unpaired) electrons. The van der Waals surface area contributed by atoms with E-state index in [2.05, 4.69) is 14.7 Å². The number of rotatable bonds is 8. The minimum atomic E-state index is -4.99. The highest BCUT2D eigenvalue weighted by atomic mass is 35.5. The number of nitriles is 1. The number of esters is 1. The maximum Gasteiger partial charge on any atom is 0.434 e. The first kappa shape index (κ1) is 39.5. The number of ether oxygens (including phenoxy) is 1. The van der Waals surface area contributed by atoms with Crippen LogP contribution in [0.4, 0.5) is 32.2 Å². The zero-order valence-corrected chi connectivity index (χ0v) is 27.3. The van der Waals surface area contributed by atoms with Crippen LogP contribution < -0.4 is 9.62 Å². The molecule has 20 heteroatoms. The van der Waals surface area contributed by atoms with E-state index in [0.717, 1.165) is 24.4 Å². The van der Waals surface area contributed by atoms with Crippen molar-refractivity contribution in [2.45, 2.75) is 37.9 Å². The number of benzene rings is 1. The number of carboxylic acid groups (broad SMARTS) is 1. The molecule has 12 nitrogen and oxygen atoms in total. The van der Waals surface area contributed by atoms with Gasteiger partial charge in [-0.2, -0.15) is 31.6 Å². The number of aromatic carboxylic acids is 1. The van der Waals surface area contributed by atoms with E-state index in [4.69, 9.17) is 16.7 Å². The Labute approximate surface area is 285 Å². The van der Waals surface area contributed by atoms with Gasteiger partial charge in [0.05, 0.1) is 29.1 Å².